The normalized spacial score (nSPS) is 13.0. The number of alkyl halides is 4. The summed E-state index contributed by atoms with van der Waals surface area (Å²) in [7, 11) is -0.315. The van der Waals surface area contributed by atoms with E-state index in [9.17, 15) is 26.6 Å². The first kappa shape index (κ1) is 28.3. The van der Waals surface area contributed by atoms with E-state index in [-0.39, 0.29) is 16.4 Å². The van der Waals surface area contributed by atoms with Crippen molar-refractivity contribution in [3.63, 3.8) is 0 Å². The van der Waals surface area contributed by atoms with Crippen molar-refractivity contribution in [1.82, 2.24) is 4.57 Å². The third-order valence-corrected chi connectivity index (χ3v) is 7.75. The maximum atomic E-state index is 13.6. The van der Waals surface area contributed by atoms with Gasteiger partial charge in [-0.25, -0.2) is 13.0 Å². The Morgan fingerprint density at radius 2 is 1.72 bits per heavy atom. The Hall–Kier alpha value is -2.27. The molecule has 9 heteroatoms. The van der Waals surface area contributed by atoms with Crippen LogP contribution in [-0.2, 0) is 30.7 Å². The predicted octanol–water partition coefficient (Wildman–Crippen LogP) is 7.36. The summed E-state index contributed by atoms with van der Waals surface area (Å²) in [6.45, 7) is 3.97. The molecule has 2 aromatic carbocycles. The van der Waals surface area contributed by atoms with Gasteiger partial charge in [0.2, 0.25) is 0 Å². The summed E-state index contributed by atoms with van der Waals surface area (Å²) in [4.78, 5) is 13.7. The van der Waals surface area contributed by atoms with E-state index in [0.29, 0.717) is 28.5 Å². The van der Waals surface area contributed by atoms with Gasteiger partial charge in [0.25, 0.3) is 0 Å². The van der Waals surface area contributed by atoms with E-state index in [0.717, 1.165) is 27.5 Å². The third kappa shape index (κ3) is 6.53. The van der Waals surface area contributed by atoms with Crippen LogP contribution in [0.1, 0.15) is 31.4 Å². The number of rotatable bonds is 9. The fourth-order valence-corrected chi connectivity index (χ4v) is 5.50. The van der Waals surface area contributed by atoms with Crippen molar-refractivity contribution in [3.8, 4) is 22.3 Å². The second kappa shape index (κ2) is 11.9. The zero-order chi connectivity index (χ0) is 26.6. The number of aromatic nitrogens is 1. The number of nitrogens with zero attached hydrogens (tertiary/aromatic N) is 1. The van der Waals surface area contributed by atoms with Crippen molar-refractivity contribution in [1.29, 1.82) is 0 Å². The monoisotopic (exact) mass is 631 g/mol. The minimum absolute atomic E-state index is 0.0322. The van der Waals surface area contributed by atoms with E-state index in [4.69, 9.17) is 0 Å². The van der Waals surface area contributed by atoms with Gasteiger partial charge in [-0.15, -0.1) is 0 Å². The second-order valence-electron chi connectivity index (χ2n) is 8.43. The topological polar surface area (TPSA) is 39.1 Å². The van der Waals surface area contributed by atoms with Crippen molar-refractivity contribution < 1.29 is 21.8 Å². The number of benzene rings is 2. The summed E-state index contributed by atoms with van der Waals surface area (Å²) in [6, 6.07) is 10.7. The minimum atomic E-state index is -4.38. The number of pyridine rings is 1. The average Bonchev–Trinajstić information content (AvgIpc) is 2.84. The summed E-state index contributed by atoms with van der Waals surface area (Å²) in [5, 5.41) is 0.568. The molecular weight excluding hydrogens is 605 g/mol. The van der Waals surface area contributed by atoms with Crippen molar-refractivity contribution in [2.75, 3.05) is 0 Å². The smallest absolute Gasteiger partial charge is 0.326 e. The van der Waals surface area contributed by atoms with Gasteiger partial charge in [0.15, 0.2) is 5.43 Å². The van der Waals surface area contributed by atoms with E-state index in [2.05, 4.69) is 29.5 Å². The lowest BCUT2D eigenvalue weighted by Crippen LogP contribution is -2.23. The molecule has 1 heterocycles. The largest absolute Gasteiger partial charge is 0.356 e. The first-order chi connectivity index (χ1) is 17.0. The van der Waals surface area contributed by atoms with E-state index >= 15 is 0 Å². The molecule has 0 fully saturated rings. The minimum Gasteiger partial charge on any atom is -0.356 e. The first-order valence-electron chi connectivity index (χ1n) is 11.4. The van der Waals surface area contributed by atoms with Gasteiger partial charge in [0, 0.05) is 44.4 Å². The molecule has 0 bridgehead atoms. The fourth-order valence-electron chi connectivity index (χ4n) is 3.75. The standard InChI is InChI=1S/C27H26F4INO2S/c1-4-6-18-7-8-19(14-24(18)32)22-15-33(3)16-23(25(22)34)20-11-17(5-2)12-21(13-20)36(35)10-9-27(30,31)26(28)29/h7-16,26H,4-6H2,1-3H3. The van der Waals surface area contributed by atoms with Crippen LogP contribution in [0, 0.1) is 3.57 Å². The molecule has 192 valence electrons. The number of hydrogen-bond donors (Lipinski definition) is 0. The Kier molecular flexibility index (Phi) is 9.32. The molecule has 0 saturated carbocycles. The average molecular weight is 631 g/mol. The Balaban J connectivity index is 2.10. The van der Waals surface area contributed by atoms with Gasteiger partial charge in [0.05, 0.1) is 10.8 Å². The molecular formula is C27H26F4INO2S. The Bertz CT molecular complexity index is 1370. The maximum Gasteiger partial charge on any atom is 0.326 e. The van der Waals surface area contributed by atoms with Gasteiger partial charge >= 0.3 is 12.3 Å². The maximum absolute atomic E-state index is 13.6. The molecule has 0 spiro atoms. The van der Waals surface area contributed by atoms with Crippen LogP contribution in [0.2, 0.25) is 0 Å². The lowest BCUT2D eigenvalue weighted by Gasteiger charge is -2.13. The van der Waals surface area contributed by atoms with E-state index < -0.39 is 23.1 Å². The van der Waals surface area contributed by atoms with Gasteiger partial charge in [-0.1, -0.05) is 38.5 Å². The van der Waals surface area contributed by atoms with Gasteiger partial charge in [0.1, 0.15) is 0 Å². The number of aryl methyl sites for hydroxylation is 3. The predicted molar refractivity (Wildman–Crippen MR) is 145 cm³/mol. The molecule has 0 N–H and O–H groups in total. The van der Waals surface area contributed by atoms with Crippen LogP contribution < -0.4 is 5.43 Å². The van der Waals surface area contributed by atoms with Crippen LogP contribution in [0.3, 0.4) is 0 Å². The highest BCUT2D eigenvalue weighted by atomic mass is 127. The molecule has 0 aliphatic heterocycles. The molecule has 3 aromatic rings. The summed E-state index contributed by atoms with van der Waals surface area (Å²) in [5.41, 5.74) is 3.83. The summed E-state index contributed by atoms with van der Waals surface area (Å²) < 4.78 is 67.1. The number of hydrogen-bond acceptors (Lipinski definition) is 2. The molecule has 3 nitrogen and oxygen atoms in total. The molecule has 3 rings (SSSR count). The Morgan fingerprint density at radius 1 is 1.06 bits per heavy atom. The van der Waals surface area contributed by atoms with Crippen LogP contribution >= 0.6 is 22.6 Å². The molecule has 1 unspecified atom stereocenters. The number of allylic oxidation sites excluding steroid dienone is 1. The lowest BCUT2D eigenvalue weighted by atomic mass is 9.98. The van der Waals surface area contributed by atoms with Crippen LogP contribution in [0.4, 0.5) is 17.6 Å². The molecule has 36 heavy (non-hydrogen) atoms. The Morgan fingerprint density at radius 3 is 2.31 bits per heavy atom. The van der Waals surface area contributed by atoms with Crippen LogP contribution in [0.25, 0.3) is 22.3 Å². The Labute approximate surface area is 223 Å². The highest BCUT2D eigenvalue weighted by molar-refractivity contribution is 14.1. The van der Waals surface area contributed by atoms with E-state index in [1.165, 1.54) is 11.6 Å². The van der Waals surface area contributed by atoms with Gasteiger partial charge in [-0.05, 0) is 82.0 Å². The SMILES string of the molecule is CCCc1ccc(-c2cn(C)cc(-c3cc(CC)cc(S(=O)C=CC(F)(F)C(F)F)c3)c2=O)cc1I. The highest BCUT2D eigenvalue weighted by Crippen LogP contribution is 2.28. The van der Waals surface area contributed by atoms with Crippen LogP contribution in [0.15, 0.2) is 70.0 Å². The van der Waals surface area contributed by atoms with E-state index in [1.54, 1.807) is 36.1 Å². The summed E-state index contributed by atoms with van der Waals surface area (Å²) >= 11 is 2.27. The van der Waals surface area contributed by atoms with Gasteiger partial charge in [-0.2, -0.15) is 8.78 Å². The molecule has 0 aliphatic carbocycles. The molecule has 1 aromatic heterocycles. The van der Waals surface area contributed by atoms with E-state index in [1.807, 2.05) is 25.1 Å². The van der Waals surface area contributed by atoms with Gasteiger partial charge in [-0.3, -0.25) is 4.79 Å². The highest BCUT2D eigenvalue weighted by Gasteiger charge is 2.37. The fraction of sp³-hybridized carbons (Fsp3) is 0.296. The van der Waals surface area contributed by atoms with Crippen molar-refractivity contribution in [2.24, 2.45) is 7.05 Å². The van der Waals surface area contributed by atoms with Crippen molar-refractivity contribution in [2.45, 2.75) is 50.4 Å². The first-order valence-corrected chi connectivity index (χ1v) is 13.6. The zero-order valence-corrected chi connectivity index (χ0v) is 23.0. The molecule has 1 atom stereocenters. The molecule has 0 saturated heterocycles. The second-order valence-corrected chi connectivity index (χ2v) is 10.9. The molecule has 0 amide bonds. The molecule has 0 radical (unpaired) electrons. The third-order valence-electron chi connectivity index (χ3n) is 5.66. The van der Waals surface area contributed by atoms with Crippen LogP contribution in [-0.4, -0.2) is 21.1 Å². The summed E-state index contributed by atoms with van der Waals surface area (Å²) in [5.74, 6) is -4.38. The number of halogens is 5. The van der Waals surface area contributed by atoms with Gasteiger partial charge < -0.3 is 4.57 Å². The van der Waals surface area contributed by atoms with Crippen LogP contribution in [0.5, 0.6) is 0 Å². The lowest BCUT2D eigenvalue weighted by molar-refractivity contribution is -0.0905. The van der Waals surface area contributed by atoms with Crippen molar-refractivity contribution >= 4 is 33.4 Å². The van der Waals surface area contributed by atoms with Crippen molar-refractivity contribution in [3.05, 3.63) is 85.2 Å². The quantitative estimate of drug-likeness (QED) is 0.183. The molecule has 0 aliphatic rings. The summed E-state index contributed by atoms with van der Waals surface area (Å²) in [6.07, 6.45) is 1.96. The zero-order valence-electron chi connectivity index (χ0n) is 20.0.